The number of carboxylic acid groups (broad SMARTS) is 2. The highest BCUT2D eigenvalue weighted by molar-refractivity contribution is 14.1. The third-order valence-electron chi connectivity index (χ3n) is 2.33. The number of hydrogen-bond acceptors (Lipinski definition) is 5. The van der Waals surface area contributed by atoms with Crippen molar-refractivity contribution in [1.82, 2.24) is 5.32 Å². The van der Waals surface area contributed by atoms with E-state index in [1.807, 2.05) is 0 Å². The maximum Gasteiger partial charge on any atom is 0.251 e. The van der Waals surface area contributed by atoms with Crippen LogP contribution in [0.1, 0.15) is 23.2 Å². The number of halogens is 1. The summed E-state index contributed by atoms with van der Waals surface area (Å²) < 4.78 is 0.933. The monoisotopic (exact) mass is 375 g/mol. The SMILES string of the molecule is O=C([O-])CCC(NC(=O)c1ccc(I)cc1)C(=O)[O-]. The molecule has 0 aromatic heterocycles. The molecule has 0 saturated carbocycles. The molecule has 6 nitrogen and oxygen atoms in total. The summed E-state index contributed by atoms with van der Waals surface area (Å²) in [5.41, 5.74) is 0.292. The molecule has 1 aromatic carbocycles. The van der Waals surface area contributed by atoms with Gasteiger partial charge >= 0.3 is 0 Å². The van der Waals surface area contributed by atoms with Gasteiger partial charge < -0.3 is 25.1 Å². The Balaban J connectivity index is 2.68. The van der Waals surface area contributed by atoms with Gasteiger partial charge in [0, 0.05) is 15.1 Å². The number of aliphatic carboxylic acids is 2. The van der Waals surface area contributed by atoms with Crippen LogP contribution < -0.4 is 15.5 Å². The van der Waals surface area contributed by atoms with Crippen molar-refractivity contribution in [1.29, 1.82) is 0 Å². The fraction of sp³-hybridized carbons (Fsp3) is 0.250. The second-order valence-electron chi connectivity index (χ2n) is 3.76. The molecule has 0 spiro atoms. The van der Waals surface area contributed by atoms with Crippen LogP contribution in [0.5, 0.6) is 0 Å². The number of benzene rings is 1. The van der Waals surface area contributed by atoms with Gasteiger partial charge in [-0.15, -0.1) is 0 Å². The van der Waals surface area contributed by atoms with E-state index < -0.39 is 30.3 Å². The minimum Gasteiger partial charge on any atom is -0.550 e. The van der Waals surface area contributed by atoms with E-state index in [-0.39, 0.29) is 6.42 Å². The van der Waals surface area contributed by atoms with Crippen LogP contribution in [-0.2, 0) is 9.59 Å². The quantitative estimate of drug-likeness (QED) is 0.620. The van der Waals surface area contributed by atoms with Gasteiger partial charge in [-0.05, 0) is 59.7 Å². The molecule has 19 heavy (non-hydrogen) atoms. The van der Waals surface area contributed by atoms with Crippen molar-refractivity contribution in [2.75, 3.05) is 0 Å². The molecule has 7 heteroatoms. The van der Waals surface area contributed by atoms with Crippen LogP contribution in [0.4, 0.5) is 0 Å². The first-order chi connectivity index (χ1) is 8.90. The lowest BCUT2D eigenvalue weighted by molar-refractivity contribution is -0.309. The molecule has 0 fully saturated rings. The predicted octanol–water partition coefficient (Wildman–Crippen LogP) is -1.33. The second-order valence-corrected chi connectivity index (χ2v) is 5.01. The number of nitrogens with one attached hydrogen (secondary N) is 1. The third-order valence-corrected chi connectivity index (χ3v) is 3.05. The molecule has 0 aliphatic heterocycles. The molecule has 102 valence electrons. The Morgan fingerprint density at radius 2 is 1.74 bits per heavy atom. The van der Waals surface area contributed by atoms with Gasteiger partial charge in [-0.2, -0.15) is 0 Å². The molecular formula is C12H10INO5-2. The fourth-order valence-corrected chi connectivity index (χ4v) is 1.71. The summed E-state index contributed by atoms with van der Waals surface area (Å²) >= 11 is 2.07. The Bertz CT molecular complexity index is 485. The first-order valence-electron chi connectivity index (χ1n) is 5.37. The van der Waals surface area contributed by atoms with E-state index in [9.17, 15) is 24.6 Å². The van der Waals surface area contributed by atoms with Gasteiger partial charge in [-0.1, -0.05) is 0 Å². The van der Waals surface area contributed by atoms with E-state index in [0.29, 0.717) is 5.56 Å². The molecule has 0 radical (unpaired) electrons. The highest BCUT2D eigenvalue weighted by Gasteiger charge is 2.14. The van der Waals surface area contributed by atoms with Crippen molar-refractivity contribution in [2.24, 2.45) is 0 Å². The zero-order valence-corrected chi connectivity index (χ0v) is 11.9. The zero-order chi connectivity index (χ0) is 14.4. The summed E-state index contributed by atoms with van der Waals surface area (Å²) in [6, 6.07) is 5.13. The lowest BCUT2D eigenvalue weighted by Crippen LogP contribution is -2.48. The van der Waals surface area contributed by atoms with E-state index in [0.717, 1.165) is 3.57 Å². The predicted molar refractivity (Wildman–Crippen MR) is 69.7 cm³/mol. The molecule has 0 bridgehead atoms. The summed E-state index contributed by atoms with van der Waals surface area (Å²) in [7, 11) is 0. The zero-order valence-electron chi connectivity index (χ0n) is 9.72. The van der Waals surface area contributed by atoms with E-state index in [4.69, 9.17) is 0 Å². The topological polar surface area (TPSA) is 109 Å². The number of hydrogen-bond donors (Lipinski definition) is 1. The van der Waals surface area contributed by atoms with E-state index in [2.05, 4.69) is 27.9 Å². The molecule has 1 atom stereocenters. The summed E-state index contributed by atoms with van der Waals surface area (Å²) in [4.78, 5) is 32.8. The van der Waals surface area contributed by atoms with Gasteiger partial charge in [0.25, 0.3) is 5.91 Å². The van der Waals surface area contributed by atoms with Crippen molar-refractivity contribution in [3.63, 3.8) is 0 Å². The highest BCUT2D eigenvalue weighted by Crippen LogP contribution is 2.07. The Kier molecular flexibility index (Phi) is 5.74. The van der Waals surface area contributed by atoms with Crippen LogP contribution in [0.15, 0.2) is 24.3 Å². The van der Waals surface area contributed by atoms with Gasteiger partial charge in [-0.25, -0.2) is 0 Å². The number of carbonyl (C=O) groups excluding carboxylic acids is 3. The minimum absolute atomic E-state index is 0.277. The molecule has 1 amide bonds. The average molecular weight is 375 g/mol. The van der Waals surface area contributed by atoms with Crippen molar-refractivity contribution in [2.45, 2.75) is 18.9 Å². The Hall–Kier alpha value is -1.64. The number of rotatable bonds is 6. The Morgan fingerprint density at radius 1 is 1.16 bits per heavy atom. The standard InChI is InChI=1S/C12H12INO5/c13-8-3-1-7(2-4-8)11(17)14-9(12(18)19)5-6-10(15)16/h1-4,9H,5-6H2,(H,14,17)(H,15,16)(H,18,19)/p-2. The fourth-order valence-electron chi connectivity index (χ4n) is 1.35. The molecule has 0 heterocycles. The summed E-state index contributed by atoms with van der Waals surface area (Å²) in [5, 5.41) is 23.3. The minimum atomic E-state index is -1.53. The third kappa shape index (κ3) is 5.25. The largest absolute Gasteiger partial charge is 0.550 e. The highest BCUT2D eigenvalue weighted by atomic mass is 127. The number of carbonyl (C=O) groups is 3. The molecule has 1 rings (SSSR count). The second kappa shape index (κ2) is 7.07. The van der Waals surface area contributed by atoms with E-state index >= 15 is 0 Å². The van der Waals surface area contributed by atoms with Crippen molar-refractivity contribution < 1.29 is 24.6 Å². The van der Waals surface area contributed by atoms with Gasteiger partial charge in [-0.3, -0.25) is 4.79 Å². The maximum atomic E-state index is 11.7. The lowest BCUT2D eigenvalue weighted by Gasteiger charge is -2.19. The lowest BCUT2D eigenvalue weighted by atomic mass is 10.1. The number of amides is 1. The normalized spacial score (nSPS) is 11.6. The van der Waals surface area contributed by atoms with Crippen LogP contribution in [-0.4, -0.2) is 23.9 Å². The average Bonchev–Trinajstić information content (AvgIpc) is 2.34. The Labute approximate surface area is 123 Å². The first-order valence-corrected chi connectivity index (χ1v) is 6.45. The molecule has 1 N–H and O–H groups in total. The summed E-state index contributed by atoms with van der Waals surface area (Å²) in [6.07, 6.45) is -0.744. The molecular weight excluding hydrogens is 365 g/mol. The maximum absolute atomic E-state index is 11.7. The summed E-state index contributed by atoms with van der Waals surface area (Å²) in [5.74, 6) is -3.50. The van der Waals surface area contributed by atoms with Crippen LogP contribution in [0.2, 0.25) is 0 Å². The Morgan fingerprint density at radius 3 is 2.21 bits per heavy atom. The van der Waals surface area contributed by atoms with Gasteiger partial charge in [0.1, 0.15) is 0 Å². The van der Waals surface area contributed by atoms with Crippen molar-refractivity contribution >= 4 is 40.4 Å². The van der Waals surface area contributed by atoms with Crippen LogP contribution >= 0.6 is 22.6 Å². The molecule has 0 saturated heterocycles. The van der Waals surface area contributed by atoms with E-state index in [1.54, 1.807) is 24.3 Å². The number of carboxylic acids is 2. The van der Waals surface area contributed by atoms with Crippen molar-refractivity contribution in [3.05, 3.63) is 33.4 Å². The van der Waals surface area contributed by atoms with Crippen LogP contribution in [0.3, 0.4) is 0 Å². The van der Waals surface area contributed by atoms with Crippen molar-refractivity contribution in [3.8, 4) is 0 Å². The van der Waals surface area contributed by atoms with E-state index in [1.165, 1.54) is 0 Å². The first kappa shape index (κ1) is 15.4. The van der Waals surface area contributed by atoms with Gasteiger partial charge in [0.2, 0.25) is 0 Å². The molecule has 1 aromatic rings. The molecule has 1 unspecified atom stereocenters. The smallest absolute Gasteiger partial charge is 0.251 e. The summed E-state index contributed by atoms with van der Waals surface area (Å²) in [6.45, 7) is 0. The van der Waals surface area contributed by atoms with Crippen LogP contribution in [0.25, 0.3) is 0 Å². The van der Waals surface area contributed by atoms with Gasteiger partial charge in [0.15, 0.2) is 0 Å². The van der Waals surface area contributed by atoms with Crippen LogP contribution in [0, 0.1) is 3.57 Å². The molecule has 0 aliphatic carbocycles. The molecule has 0 aliphatic rings. The van der Waals surface area contributed by atoms with Gasteiger partial charge in [0.05, 0.1) is 12.0 Å².